The minimum absolute atomic E-state index is 0.167. The first kappa shape index (κ1) is 15.0. The lowest BCUT2D eigenvalue weighted by Gasteiger charge is -1.99. The van der Waals surface area contributed by atoms with Gasteiger partial charge in [0.1, 0.15) is 0 Å². The van der Waals surface area contributed by atoms with E-state index >= 15 is 0 Å². The maximum atomic E-state index is 12.3. The van der Waals surface area contributed by atoms with Crippen LogP contribution in [-0.4, -0.2) is 20.7 Å². The van der Waals surface area contributed by atoms with Crippen molar-refractivity contribution < 1.29 is 4.79 Å². The molecule has 24 heavy (non-hydrogen) atoms. The van der Waals surface area contributed by atoms with Gasteiger partial charge in [0.05, 0.1) is 33.0 Å². The Morgan fingerprint density at radius 3 is 2.92 bits per heavy atom. The Bertz CT molecular complexity index is 968. The lowest BCUT2D eigenvalue weighted by Crippen LogP contribution is -2.22. The second-order valence-electron chi connectivity index (χ2n) is 5.29. The number of aryl methyl sites for hydroxylation is 1. The second-order valence-corrected chi connectivity index (χ2v) is 7.27. The molecule has 1 N–H and O–H groups in total. The van der Waals surface area contributed by atoms with Crippen molar-refractivity contribution >= 4 is 38.8 Å². The summed E-state index contributed by atoms with van der Waals surface area (Å²) >= 11 is 3.07. The molecular formula is C17H14N4OS2. The molecule has 0 aliphatic carbocycles. The third kappa shape index (κ3) is 2.83. The van der Waals surface area contributed by atoms with E-state index in [9.17, 15) is 4.79 Å². The van der Waals surface area contributed by atoms with E-state index in [-0.39, 0.29) is 5.91 Å². The highest BCUT2D eigenvalue weighted by Gasteiger charge is 2.13. The summed E-state index contributed by atoms with van der Waals surface area (Å²) in [5.74, 6) is -0.167. The predicted molar refractivity (Wildman–Crippen MR) is 97.3 cm³/mol. The number of hydrogen-bond donors (Lipinski definition) is 1. The molecule has 4 aromatic rings. The Balaban J connectivity index is 1.48. The van der Waals surface area contributed by atoms with Crippen molar-refractivity contribution in [3.63, 3.8) is 0 Å². The number of thiophene rings is 1. The number of para-hydroxylation sites is 1. The van der Waals surface area contributed by atoms with Crippen LogP contribution in [0.2, 0.25) is 0 Å². The highest BCUT2D eigenvalue weighted by Crippen LogP contribution is 2.25. The van der Waals surface area contributed by atoms with Crippen LogP contribution >= 0.6 is 22.7 Å². The van der Waals surface area contributed by atoms with Crippen LogP contribution in [0, 0.1) is 0 Å². The van der Waals surface area contributed by atoms with E-state index in [0.717, 1.165) is 26.5 Å². The summed E-state index contributed by atoms with van der Waals surface area (Å²) in [5, 5.41) is 9.88. The van der Waals surface area contributed by atoms with Crippen LogP contribution in [-0.2, 0) is 13.6 Å². The first-order valence-corrected chi connectivity index (χ1v) is 9.11. The molecule has 1 aromatic carbocycles. The largest absolute Gasteiger partial charge is 0.344 e. The van der Waals surface area contributed by atoms with Gasteiger partial charge < -0.3 is 5.32 Å². The Hall–Kier alpha value is -2.51. The maximum absolute atomic E-state index is 12.3. The summed E-state index contributed by atoms with van der Waals surface area (Å²) < 4.78 is 2.85. The average Bonchev–Trinajstić information content (AvgIpc) is 3.31. The smallest absolute Gasteiger partial charge is 0.280 e. The second kappa shape index (κ2) is 6.18. The number of nitrogens with one attached hydrogen (secondary N) is 1. The zero-order valence-electron chi connectivity index (χ0n) is 12.9. The molecule has 4 rings (SSSR count). The number of fused-ring (bicyclic) bond motifs is 1. The van der Waals surface area contributed by atoms with Crippen molar-refractivity contribution in [3.05, 3.63) is 58.5 Å². The Kier molecular flexibility index (Phi) is 3.87. The molecule has 3 aromatic heterocycles. The topological polar surface area (TPSA) is 59.8 Å². The van der Waals surface area contributed by atoms with E-state index in [1.807, 2.05) is 53.5 Å². The molecule has 0 aliphatic heterocycles. The predicted octanol–water partition coefficient (Wildman–Crippen LogP) is 3.69. The SMILES string of the molecule is Cn1nc(CNC(=O)c2nc3ccccc3s2)cc1-c1cccs1. The van der Waals surface area contributed by atoms with Gasteiger partial charge in [-0.2, -0.15) is 5.10 Å². The summed E-state index contributed by atoms with van der Waals surface area (Å²) in [6.45, 7) is 0.383. The highest BCUT2D eigenvalue weighted by molar-refractivity contribution is 7.20. The molecular weight excluding hydrogens is 340 g/mol. The number of rotatable bonds is 4. The molecule has 0 saturated carbocycles. The van der Waals surface area contributed by atoms with Crippen molar-refractivity contribution in [2.45, 2.75) is 6.54 Å². The van der Waals surface area contributed by atoms with Crippen molar-refractivity contribution in [2.24, 2.45) is 7.05 Å². The van der Waals surface area contributed by atoms with Crippen molar-refractivity contribution in [3.8, 4) is 10.6 Å². The van der Waals surface area contributed by atoms with Gasteiger partial charge in [-0.15, -0.1) is 22.7 Å². The van der Waals surface area contributed by atoms with Crippen LogP contribution in [0.3, 0.4) is 0 Å². The van der Waals surface area contributed by atoms with Gasteiger partial charge >= 0.3 is 0 Å². The molecule has 3 heterocycles. The van der Waals surface area contributed by atoms with Gasteiger partial charge in [-0.25, -0.2) is 4.98 Å². The van der Waals surface area contributed by atoms with Gasteiger partial charge in [-0.05, 0) is 29.6 Å². The number of hydrogen-bond acceptors (Lipinski definition) is 5. The molecule has 7 heteroatoms. The van der Waals surface area contributed by atoms with Crippen LogP contribution in [0.5, 0.6) is 0 Å². The van der Waals surface area contributed by atoms with Gasteiger partial charge in [0.2, 0.25) is 0 Å². The molecule has 0 radical (unpaired) electrons. The molecule has 0 atom stereocenters. The molecule has 0 saturated heterocycles. The summed E-state index contributed by atoms with van der Waals surface area (Å²) in [6, 6.07) is 13.8. The molecule has 1 amide bonds. The average molecular weight is 354 g/mol. The Morgan fingerprint density at radius 2 is 2.12 bits per heavy atom. The van der Waals surface area contributed by atoms with E-state index in [4.69, 9.17) is 0 Å². The Morgan fingerprint density at radius 1 is 1.25 bits per heavy atom. The minimum atomic E-state index is -0.167. The lowest BCUT2D eigenvalue weighted by atomic mass is 10.3. The fraction of sp³-hybridized carbons (Fsp3) is 0.118. The summed E-state index contributed by atoms with van der Waals surface area (Å²) in [4.78, 5) is 17.8. The standard InChI is InChI=1S/C17H14N4OS2/c1-21-13(15-7-4-8-23-15)9-11(20-21)10-18-16(22)17-19-12-5-2-3-6-14(12)24-17/h2-9H,10H2,1H3,(H,18,22). The molecule has 0 bridgehead atoms. The van der Waals surface area contributed by atoms with Crippen LogP contribution in [0.25, 0.3) is 20.8 Å². The van der Waals surface area contributed by atoms with Gasteiger partial charge in [0.15, 0.2) is 5.01 Å². The van der Waals surface area contributed by atoms with Crippen LogP contribution in [0.4, 0.5) is 0 Å². The number of aromatic nitrogens is 3. The molecule has 0 aliphatic rings. The third-order valence-electron chi connectivity index (χ3n) is 3.62. The van der Waals surface area contributed by atoms with Gasteiger partial charge in [0, 0.05) is 7.05 Å². The number of thiazole rings is 1. The normalized spacial score (nSPS) is 11.0. The molecule has 0 unspecified atom stereocenters. The zero-order chi connectivity index (χ0) is 16.5. The lowest BCUT2D eigenvalue weighted by molar-refractivity contribution is 0.0950. The molecule has 120 valence electrons. The first-order valence-electron chi connectivity index (χ1n) is 7.41. The number of carbonyl (C=O) groups excluding carboxylic acids is 1. The van der Waals surface area contributed by atoms with Gasteiger partial charge in [-0.1, -0.05) is 18.2 Å². The number of carbonyl (C=O) groups is 1. The Labute approximate surface area is 146 Å². The van der Waals surface area contributed by atoms with E-state index in [1.165, 1.54) is 11.3 Å². The number of amides is 1. The number of nitrogens with zero attached hydrogens (tertiary/aromatic N) is 3. The van der Waals surface area contributed by atoms with Gasteiger partial charge in [0.25, 0.3) is 5.91 Å². The van der Waals surface area contributed by atoms with E-state index in [1.54, 1.807) is 11.3 Å². The molecule has 0 spiro atoms. The van der Waals surface area contributed by atoms with Crippen LogP contribution in [0.15, 0.2) is 47.8 Å². The van der Waals surface area contributed by atoms with E-state index in [0.29, 0.717) is 11.6 Å². The fourth-order valence-electron chi connectivity index (χ4n) is 2.48. The monoisotopic (exact) mass is 354 g/mol. The zero-order valence-corrected chi connectivity index (χ0v) is 14.5. The van der Waals surface area contributed by atoms with Crippen LogP contribution in [0.1, 0.15) is 15.5 Å². The molecule has 0 fully saturated rings. The first-order chi connectivity index (χ1) is 11.7. The highest BCUT2D eigenvalue weighted by atomic mass is 32.1. The maximum Gasteiger partial charge on any atom is 0.280 e. The quantitative estimate of drug-likeness (QED) is 0.608. The van der Waals surface area contributed by atoms with E-state index in [2.05, 4.69) is 21.5 Å². The van der Waals surface area contributed by atoms with Crippen LogP contribution < -0.4 is 5.32 Å². The summed E-state index contributed by atoms with van der Waals surface area (Å²) in [6.07, 6.45) is 0. The summed E-state index contributed by atoms with van der Waals surface area (Å²) in [5.41, 5.74) is 2.73. The minimum Gasteiger partial charge on any atom is -0.344 e. The van der Waals surface area contributed by atoms with E-state index < -0.39 is 0 Å². The summed E-state index contributed by atoms with van der Waals surface area (Å²) in [7, 11) is 1.91. The van der Waals surface area contributed by atoms with Gasteiger partial charge in [-0.3, -0.25) is 9.48 Å². The van der Waals surface area contributed by atoms with Crippen molar-refractivity contribution in [1.82, 2.24) is 20.1 Å². The molecule has 5 nitrogen and oxygen atoms in total. The third-order valence-corrected chi connectivity index (χ3v) is 5.55. The number of benzene rings is 1. The fourth-order valence-corrected chi connectivity index (χ4v) is 4.14. The van der Waals surface area contributed by atoms with Crippen molar-refractivity contribution in [2.75, 3.05) is 0 Å². The van der Waals surface area contributed by atoms with Crippen molar-refractivity contribution in [1.29, 1.82) is 0 Å².